The van der Waals surface area contributed by atoms with E-state index in [1.165, 1.54) is 17.4 Å². The first kappa shape index (κ1) is 28.0. The highest BCUT2D eigenvalue weighted by Gasteiger charge is 2.44. The van der Waals surface area contributed by atoms with Gasteiger partial charge in [0.2, 0.25) is 11.8 Å². The van der Waals surface area contributed by atoms with Crippen LogP contribution >= 0.6 is 11.3 Å². The van der Waals surface area contributed by atoms with E-state index < -0.39 is 11.6 Å². The lowest BCUT2D eigenvalue weighted by molar-refractivity contribution is 0.0776. The van der Waals surface area contributed by atoms with Crippen LogP contribution in [0.3, 0.4) is 0 Å². The lowest BCUT2D eigenvalue weighted by Gasteiger charge is -2.16. The lowest BCUT2D eigenvalue weighted by atomic mass is 9.93. The zero-order valence-electron chi connectivity index (χ0n) is 23.9. The van der Waals surface area contributed by atoms with Crippen molar-refractivity contribution in [3.8, 4) is 21.9 Å². The fourth-order valence-corrected chi connectivity index (χ4v) is 6.96. The van der Waals surface area contributed by atoms with Gasteiger partial charge in [0.1, 0.15) is 0 Å². The minimum atomic E-state index is -0.977. The third kappa shape index (κ3) is 4.96. The summed E-state index contributed by atoms with van der Waals surface area (Å²) >= 11 is 1.23. The molecule has 0 unspecified atom stereocenters. The van der Waals surface area contributed by atoms with Crippen molar-refractivity contribution in [3.63, 3.8) is 0 Å². The molecule has 7 rings (SSSR count). The fraction of sp³-hybridized carbons (Fsp3) is 0.290. The summed E-state index contributed by atoms with van der Waals surface area (Å²) < 4.78 is 34.7. The fourth-order valence-electron chi connectivity index (χ4n) is 5.98. The van der Waals surface area contributed by atoms with Crippen LogP contribution in [0.2, 0.25) is 0 Å². The molecule has 13 heteroatoms. The molecule has 0 spiro atoms. The first-order valence-corrected chi connectivity index (χ1v) is 15.1. The van der Waals surface area contributed by atoms with E-state index in [0.717, 1.165) is 41.9 Å². The number of hydrogen-bond donors (Lipinski definition) is 1. The third-order valence-electron chi connectivity index (χ3n) is 8.01. The van der Waals surface area contributed by atoms with Crippen molar-refractivity contribution in [3.05, 3.63) is 93.2 Å². The molecule has 2 amide bonds. The molecule has 1 atom stereocenters. The number of fused-ring (bicyclic) bond motifs is 3. The second-order valence-corrected chi connectivity index (χ2v) is 12.1. The highest BCUT2D eigenvalue weighted by atomic mass is 32.1. The average Bonchev–Trinajstić information content (AvgIpc) is 3.84. The Bertz CT molecular complexity index is 1930. The Morgan fingerprint density at radius 3 is 2.70 bits per heavy atom. The summed E-state index contributed by atoms with van der Waals surface area (Å²) in [6.45, 7) is 2.38. The number of rotatable bonds is 8. The smallest absolute Gasteiger partial charge is 0.261 e. The van der Waals surface area contributed by atoms with Gasteiger partial charge in [-0.1, -0.05) is 6.07 Å². The summed E-state index contributed by atoms with van der Waals surface area (Å²) in [6, 6.07) is 6.89. The molecule has 1 aromatic carbocycles. The van der Waals surface area contributed by atoms with Crippen LogP contribution < -0.4 is 5.32 Å². The standard InChI is InChI=1S/C31H27F2N7O3S/c1-16-37-38-30(43-16)25-21(8-6-18-14-35-39(2)15-18)36-28-22-4-3-11-40(22)31(42)27(28)26(25)23-9-10-24(44-23)29(41)34-13-17-5-7-19(32)20(33)12-17/h5,7,9-10,12,14-15,22H,3-4,6,8,11,13H2,1-2H3,(H,34,41)/t22-/m1/s1. The zero-order chi connectivity index (χ0) is 30.5. The van der Waals surface area contributed by atoms with Gasteiger partial charge in [0.05, 0.1) is 39.6 Å². The summed E-state index contributed by atoms with van der Waals surface area (Å²) in [4.78, 5) is 35.1. The van der Waals surface area contributed by atoms with E-state index in [-0.39, 0.29) is 30.3 Å². The molecule has 224 valence electrons. The molecule has 44 heavy (non-hydrogen) atoms. The van der Waals surface area contributed by atoms with Gasteiger partial charge >= 0.3 is 0 Å². The van der Waals surface area contributed by atoms with Gasteiger partial charge in [-0.3, -0.25) is 19.3 Å². The van der Waals surface area contributed by atoms with Crippen molar-refractivity contribution in [2.45, 2.75) is 45.2 Å². The number of nitrogens with zero attached hydrogens (tertiary/aromatic N) is 6. The summed E-state index contributed by atoms with van der Waals surface area (Å²) in [5, 5.41) is 15.4. The summed E-state index contributed by atoms with van der Waals surface area (Å²) in [7, 11) is 1.87. The van der Waals surface area contributed by atoms with Crippen LogP contribution in [0.4, 0.5) is 8.78 Å². The van der Waals surface area contributed by atoms with Gasteiger partial charge in [-0.2, -0.15) is 5.10 Å². The van der Waals surface area contributed by atoms with Crippen LogP contribution in [0.15, 0.2) is 47.1 Å². The first-order valence-electron chi connectivity index (χ1n) is 14.2. The number of nitrogens with one attached hydrogen (secondary N) is 1. The quantitative estimate of drug-likeness (QED) is 0.255. The van der Waals surface area contributed by atoms with Crippen LogP contribution in [0, 0.1) is 18.6 Å². The Kier molecular flexibility index (Phi) is 7.04. The highest BCUT2D eigenvalue weighted by Crippen LogP contribution is 2.49. The maximum atomic E-state index is 13.9. The van der Waals surface area contributed by atoms with E-state index in [1.54, 1.807) is 23.7 Å². The van der Waals surface area contributed by atoms with Crippen molar-refractivity contribution >= 4 is 23.2 Å². The molecule has 6 heterocycles. The Labute approximate surface area is 254 Å². The van der Waals surface area contributed by atoms with E-state index in [2.05, 4.69) is 20.6 Å². The van der Waals surface area contributed by atoms with Gasteiger partial charge in [-0.05, 0) is 61.1 Å². The van der Waals surface area contributed by atoms with Gasteiger partial charge in [0, 0.05) is 43.7 Å². The molecule has 1 fully saturated rings. The van der Waals surface area contributed by atoms with Gasteiger partial charge < -0.3 is 14.6 Å². The van der Waals surface area contributed by atoms with Gasteiger partial charge in [0.15, 0.2) is 11.6 Å². The monoisotopic (exact) mass is 615 g/mol. The van der Waals surface area contributed by atoms with E-state index in [1.807, 2.05) is 24.3 Å². The molecular weight excluding hydrogens is 588 g/mol. The second-order valence-electron chi connectivity index (χ2n) is 11.0. The number of carbonyl (C=O) groups excluding carboxylic acids is 2. The summed E-state index contributed by atoms with van der Waals surface area (Å²) in [5.74, 6) is -1.77. The predicted molar refractivity (Wildman–Crippen MR) is 157 cm³/mol. The lowest BCUT2D eigenvalue weighted by Crippen LogP contribution is -2.23. The minimum absolute atomic E-state index is 0.0219. The number of aromatic nitrogens is 5. The van der Waals surface area contributed by atoms with Crippen molar-refractivity contribution in [1.82, 2.24) is 35.2 Å². The van der Waals surface area contributed by atoms with E-state index in [9.17, 15) is 18.4 Å². The van der Waals surface area contributed by atoms with Crippen molar-refractivity contribution < 1.29 is 22.8 Å². The van der Waals surface area contributed by atoms with Crippen LogP contribution in [0.1, 0.15) is 67.3 Å². The predicted octanol–water partition coefficient (Wildman–Crippen LogP) is 5.19. The number of halogens is 2. The average molecular weight is 616 g/mol. The van der Waals surface area contributed by atoms with Crippen molar-refractivity contribution in [2.24, 2.45) is 7.05 Å². The van der Waals surface area contributed by atoms with Crippen LogP contribution in [-0.2, 0) is 26.4 Å². The maximum absolute atomic E-state index is 13.9. The summed E-state index contributed by atoms with van der Waals surface area (Å²) in [6.07, 6.45) is 6.70. The number of pyridine rings is 1. The number of hydrogen-bond acceptors (Lipinski definition) is 8. The molecular formula is C31H27F2N7O3S. The molecule has 1 saturated heterocycles. The number of thiophene rings is 1. The van der Waals surface area contributed by atoms with Gasteiger partial charge in [-0.15, -0.1) is 21.5 Å². The molecule has 0 saturated carbocycles. The Morgan fingerprint density at radius 1 is 1.09 bits per heavy atom. The Hall–Kier alpha value is -4.78. The third-order valence-corrected chi connectivity index (χ3v) is 9.11. The molecule has 5 aromatic rings. The molecule has 0 aliphatic carbocycles. The first-order chi connectivity index (χ1) is 21.3. The molecule has 0 bridgehead atoms. The minimum Gasteiger partial charge on any atom is -0.421 e. The Morgan fingerprint density at radius 2 is 1.95 bits per heavy atom. The number of benzene rings is 1. The normalized spacial score (nSPS) is 15.6. The number of aryl methyl sites for hydroxylation is 4. The van der Waals surface area contributed by atoms with Crippen LogP contribution in [0.5, 0.6) is 0 Å². The van der Waals surface area contributed by atoms with E-state index >= 15 is 0 Å². The molecule has 2 aliphatic heterocycles. The molecule has 0 radical (unpaired) electrons. The maximum Gasteiger partial charge on any atom is 0.261 e. The van der Waals surface area contributed by atoms with Gasteiger partial charge in [0.25, 0.3) is 11.8 Å². The number of carbonyl (C=O) groups is 2. The molecule has 2 aliphatic rings. The van der Waals surface area contributed by atoms with Crippen molar-refractivity contribution in [1.29, 1.82) is 0 Å². The van der Waals surface area contributed by atoms with E-state index in [4.69, 9.17) is 9.40 Å². The molecule has 1 N–H and O–H groups in total. The van der Waals surface area contributed by atoms with Crippen LogP contribution in [-0.4, -0.2) is 48.2 Å². The highest BCUT2D eigenvalue weighted by molar-refractivity contribution is 7.17. The second kappa shape index (κ2) is 11.1. The summed E-state index contributed by atoms with van der Waals surface area (Å²) in [5.41, 5.74) is 4.65. The molecule has 10 nitrogen and oxygen atoms in total. The van der Waals surface area contributed by atoms with Gasteiger partial charge in [-0.25, -0.2) is 8.78 Å². The zero-order valence-corrected chi connectivity index (χ0v) is 24.8. The van der Waals surface area contributed by atoms with Crippen LogP contribution in [0.25, 0.3) is 21.9 Å². The topological polar surface area (TPSA) is 119 Å². The Balaban J connectivity index is 1.31. The largest absolute Gasteiger partial charge is 0.421 e. The molecule has 4 aromatic heterocycles. The number of amides is 2. The van der Waals surface area contributed by atoms with Crippen molar-refractivity contribution in [2.75, 3.05) is 6.54 Å². The van der Waals surface area contributed by atoms with E-state index in [0.29, 0.717) is 57.3 Å². The SMILES string of the molecule is Cc1nnc(-c2c(CCc3cnn(C)c3)nc3c(c2-c2ccc(C(=O)NCc4ccc(F)c(F)c4)s2)C(=O)N2CCC[C@H]32)o1.